The van der Waals surface area contributed by atoms with Crippen molar-refractivity contribution in [2.24, 2.45) is 0 Å². The number of hydrogen-bond donors (Lipinski definition) is 0. The number of alkyl halides is 3. The molecule has 3 aromatic rings. The van der Waals surface area contributed by atoms with Gasteiger partial charge in [-0.05, 0) is 42.0 Å². The van der Waals surface area contributed by atoms with Crippen LogP contribution in [0.3, 0.4) is 0 Å². The van der Waals surface area contributed by atoms with Crippen LogP contribution >= 0.6 is 7.29 Å². The van der Waals surface area contributed by atoms with Gasteiger partial charge in [-0.1, -0.05) is 42.5 Å². The Balaban J connectivity index is 1.94. The van der Waals surface area contributed by atoms with E-state index in [4.69, 9.17) is 0 Å². The molecule has 26 heavy (non-hydrogen) atoms. The largest absolute Gasteiger partial charge is 0.416 e. The van der Waals surface area contributed by atoms with Gasteiger partial charge in [0.2, 0.25) is 7.29 Å². The third kappa shape index (κ3) is 2.63. The number of nitrogens with zero attached hydrogens (tertiary/aromatic N) is 1. The lowest BCUT2D eigenvalue weighted by Crippen LogP contribution is -2.25. The van der Waals surface area contributed by atoms with Crippen LogP contribution in [-0.2, 0) is 17.3 Å². The van der Waals surface area contributed by atoms with E-state index in [0.717, 1.165) is 23.4 Å². The Morgan fingerprint density at radius 1 is 0.846 bits per heavy atom. The molecular formula is C20H15F3NOP. The molecule has 0 radical (unpaired) electrons. The van der Waals surface area contributed by atoms with Crippen LogP contribution in [0.25, 0.3) is 0 Å². The first kappa shape index (κ1) is 16.9. The summed E-state index contributed by atoms with van der Waals surface area (Å²) in [6.45, 7) is 0.397. The standard InChI is InChI=1S/C20H15F3NOP/c21-20(22,23)16-8-6-11-18(13-16)26(25)19-12-5-4-7-15(19)14-24(26)17-9-2-1-3-10-17/h1-13H,14H2. The van der Waals surface area contributed by atoms with Crippen molar-refractivity contribution in [3.05, 3.63) is 90.0 Å². The van der Waals surface area contributed by atoms with E-state index in [-0.39, 0.29) is 5.30 Å². The molecule has 0 aliphatic carbocycles. The topological polar surface area (TPSA) is 20.3 Å². The Bertz CT molecular complexity index is 1000. The number of fused-ring (bicyclic) bond motifs is 1. The SMILES string of the molecule is O=P1(c2cccc(C(F)(F)F)c2)c2ccccc2CN1c1ccccc1. The van der Waals surface area contributed by atoms with Gasteiger partial charge < -0.3 is 4.67 Å². The molecule has 1 unspecified atom stereocenters. The minimum Gasteiger partial charge on any atom is -0.311 e. The molecule has 4 rings (SSSR count). The molecular weight excluding hydrogens is 358 g/mol. The zero-order valence-corrected chi connectivity index (χ0v) is 14.5. The van der Waals surface area contributed by atoms with Crippen LogP contribution in [0, 0.1) is 0 Å². The highest BCUT2D eigenvalue weighted by atomic mass is 31.2. The molecule has 1 aliphatic heterocycles. The van der Waals surface area contributed by atoms with Crippen LogP contribution in [0.5, 0.6) is 0 Å². The van der Waals surface area contributed by atoms with Crippen molar-refractivity contribution in [2.45, 2.75) is 12.7 Å². The third-order valence-electron chi connectivity index (χ3n) is 4.56. The molecule has 0 N–H and O–H groups in total. The van der Waals surface area contributed by atoms with E-state index in [1.54, 1.807) is 16.8 Å². The normalized spacial score (nSPS) is 19.4. The van der Waals surface area contributed by atoms with Gasteiger partial charge in [-0.25, -0.2) is 0 Å². The maximum atomic E-state index is 14.2. The molecule has 0 amide bonds. The highest BCUT2D eigenvalue weighted by Gasteiger charge is 2.43. The second-order valence-corrected chi connectivity index (χ2v) is 8.78. The number of para-hydroxylation sites is 1. The van der Waals surface area contributed by atoms with E-state index in [1.807, 2.05) is 42.5 Å². The summed E-state index contributed by atoms with van der Waals surface area (Å²) in [7, 11) is -3.41. The lowest BCUT2D eigenvalue weighted by atomic mass is 10.2. The van der Waals surface area contributed by atoms with Crippen LogP contribution in [0.1, 0.15) is 11.1 Å². The number of anilines is 1. The summed E-state index contributed by atoms with van der Waals surface area (Å²) in [4.78, 5) is 0. The summed E-state index contributed by atoms with van der Waals surface area (Å²) in [6, 6.07) is 21.3. The maximum Gasteiger partial charge on any atom is 0.416 e. The molecule has 132 valence electrons. The lowest BCUT2D eigenvalue weighted by Gasteiger charge is -2.28. The Labute approximate surface area is 149 Å². The summed E-state index contributed by atoms with van der Waals surface area (Å²) in [5.74, 6) is 0. The van der Waals surface area contributed by atoms with Gasteiger partial charge in [0.15, 0.2) is 0 Å². The van der Waals surface area contributed by atoms with Crippen molar-refractivity contribution in [1.29, 1.82) is 0 Å². The van der Waals surface area contributed by atoms with Gasteiger partial charge in [-0.15, -0.1) is 0 Å². The molecule has 0 aromatic heterocycles. The first-order chi connectivity index (χ1) is 12.4. The van der Waals surface area contributed by atoms with E-state index in [0.29, 0.717) is 11.8 Å². The zero-order valence-electron chi connectivity index (χ0n) is 13.6. The molecule has 1 heterocycles. The zero-order chi connectivity index (χ0) is 18.4. The van der Waals surface area contributed by atoms with Gasteiger partial charge in [-0.2, -0.15) is 13.2 Å². The Hall–Kier alpha value is -2.52. The van der Waals surface area contributed by atoms with Gasteiger partial charge in [0.05, 0.1) is 12.1 Å². The Kier molecular flexibility index (Phi) is 3.92. The predicted octanol–water partition coefficient (Wildman–Crippen LogP) is 4.95. The van der Waals surface area contributed by atoms with Crippen molar-refractivity contribution in [2.75, 3.05) is 4.67 Å². The average molecular weight is 373 g/mol. The average Bonchev–Trinajstić information content (AvgIpc) is 2.96. The van der Waals surface area contributed by atoms with Gasteiger partial charge >= 0.3 is 6.18 Å². The summed E-state index contributed by atoms with van der Waals surface area (Å²) < 4.78 is 55.5. The molecule has 6 heteroatoms. The summed E-state index contributed by atoms with van der Waals surface area (Å²) in [5.41, 5.74) is 0.809. The lowest BCUT2D eigenvalue weighted by molar-refractivity contribution is -0.137. The highest BCUT2D eigenvalue weighted by Crippen LogP contribution is 2.55. The third-order valence-corrected chi connectivity index (χ3v) is 7.68. The number of rotatable bonds is 2. The molecule has 0 spiro atoms. The van der Waals surface area contributed by atoms with Crippen LogP contribution in [0.2, 0.25) is 0 Å². The first-order valence-electron chi connectivity index (χ1n) is 8.10. The summed E-state index contributed by atoms with van der Waals surface area (Å²) >= 11 is 0. The van der Waals surface area contributed by atoms with Crippen molar-refractivity contribution in [3.8, 4) is 0 Å². The molecule has 2 nitrogen and oxygen atoms in total. The molecule has 1 atom stereocenters. The number of benzene rings is 3. The molecule has 0 saturated carbocycles. The molecule has 3 aromatic carbocycles. The summed E-state index contributed by atoms with van der Waals surface area (Å²) in [5, 5.41) is 0.796. The second-order valence-electron chi connectivity index (χ2n) is 6.15. The fourth-order valence-electron chi connectivity index (χ4n) is 3.33. The van der Waals surface area contributed by atoms with Gasteiger partial charge in [0, 0.05) is 16.3 Å². The van der Waals surface area contributed by atoms with Crippen molar-refractivity contribution < 1.29 is 17.7 Å². The van der Waals surface area contributed by atoms with Crippen molar-refractivity contribution >= 4 is 23.6 Å². The van der Waals surface area contributed by atoms with Gasteiger partial charge in [0.1, 0.15) is 0 Å². The highest BCUT2D eigenvalue weighted by molar-refractivity contribution is 7.80. The van der Waals surface area contributed by atoms with Crippen LogP contribution < -0.4 is 15.3 Å². The molecule has 1 aliphatic rings. The van der Waals surface area contributed by atoms with E-state index < -0.39 is 19.0 Å². The van der Waals surface area contributed by atoms with E-state index in [2.05, 4.69) is 0 Å². The summed E-state index contributed by atoms with van der Waals surface area (Å²) in [6.07, 6.45) is -4.48. The van der Waals surface area contributed by atoms with Crippen LogP contribution in [-0.4, -0.2) is 0 Å². The van der Waals surface area contributed by atoms with Crippen LogP contribution in [0.15, 0.2) is 78.9 Å². The fraction of sp³-hybridized carbons (Fsp3) is 0.100. The quantitative estimate of drug-likeness (QED) is 0.592. The Morgan fingerprint density at radius 2 is 1.54 bits per heavy atom. The second kappa shape index (κ2) is 6.03. The van der Waals surface area contributed by atoms with Crippen LogP contribution in [0.4, 0.5) is 18.9 Å². The van der Waals surface area contributed by atoms with Gasteiger partial charge in [0.25, 0.3) is 0 Å². The fourth-order valence-corrected chi connectivity index (χ4v) is 6.39. The van der Waals surface area contributed by atoms with E-state index in [1.165, 1.54) is 12.1 Å². The Morgan fingerprint density at radius 3 is 2.27 bits per heavy atom. The smallest absolute Gasteiger partial charge is 0.311 e. The number of hydrogen-bond acceptors (Lipinski definition) is 1. The van der Waals surface area contributed by atoms with E-state index in [9.17, 15) is 17.7 Å². The van der Waals surface area contributed by atoms with Gasteiger partial charge in [-0.3, -0.25) is 4.57 Å². The first-order valence-corrected chi connectivity index (χ1v) is 9.76. The molecule has 0 bridgehead atoms. The maximum absolute atomic E-state index is 14.2. The van der Waals surface area contributed by atoms with E-state index >= 15 is 0 Å². The minimum absolute atomic E-state index is 0.195. The minimum atomic E-state index is -4.48. The van der Waals surface area contributed by atoms with Crippen molar-refractivity contribution in [1.82, 2.24) is 0 Å². The monoisotopic (exact) mass is 373 g/mol. The number of halogens is 3. The predicted molar refractivity (Wildman–Crippen MR) is 97.4 cm³/mol. The van der Waals surface area contributed by atoms with Crippen molar-refractivity contribution in [3.63, 3.8) is 0 Å². The molecule has 0 saturated heterocycles. The molecule has 0 fully saturated rings.